The number of hydrogen-bond donors (Lipinski definition) is 2. The van der Waals surface area contributed by atoms with Crippen molar-refractivity contribution >= 4 is 10.2 Å². The summed E-state index contributed by atoms with van der Waals surface area (Å²) < 4.78 is 27.4. The lowest BCUT2D eigenvalue weighted by Crippen LogP contribution is -2.42. The van der Waals surface area contributed by atoms with E-state index in [1.54, 1.807) is 0 Å². The lowest BCUT2D eigenvalue weighted by molar-refractivity contribution is 0.550. The van der Waals surface area contributed by atoms with Gasteiger partial charge in [0.2, 0.25) is 0 Å². The van der Waals surface area contributed by atoms with Gasteiger partial charge in [-0.05, 0) is 12.8 Å². The molecule has 2 N–H and O–H groups in total. The summed E-state index contributed by atoms with van der Waals surface area (Å²) >= 11 is 0. The molecule has 0 amide bonds. The smallest absolute Gasteiger partial charge is 0.202 e. The minimum Gasteiger partial charge on any atom is -0.202 e. The second kappa shape index (κ2) is 6.82. The molecular weight excluding hydrogens is 200 g/mol. The van der Waals surface area contributed by atoms with Gasteiger partial charge in [0.25, 0.3) is 10.2 Å². The number of nitrogens with one attached hydrogen (secondary N) is 2. The summed E-state index contributed by atoms with van der Waals surface area (Å²) in [6.07, 6.45) is 7.46. The lowest BCUT2D eigenvalue weighted by Gasteiger charge is -2.12. The Morgan fingerprint density at radius 2 is 2.00 bits per heavy atom. The van der Waals surface area contributed by atoms with Crippen molar-refractivity contribution in [1.29, 1.82) is 0 Å². The summed E-state index contributed by atoms with van der Waals surface area (Å²) in [5.41, 5.74) is 0. The predicted molar refractivity (Wildman–Crippen MR) is 57.9 cm³/mol. The summed E-state index contributed by atoms with van der Waals surface area (Å²) in [5.74, 6) is 2.41. The van der Waals surface area contributed by atoms with Gasteiger partial charge in [-0.3, -0.25) is 0 Å². The number of rotatable bonds is 7. The van der Waals surface area contributed by atoms with E-state index in [0.717, 1.165) is 12.8 Å². The Balaban J connectivity index is 4.13. The van der Waals surface area contributed by atoms with E-state index in [4.69, 9.17) is 6.42 Å². The summed E-state index contributed by atoms with van der Waals surface area (Å²) in [6, 6.07) is -0.408. The molecule has 0 aliphatic rings. The van der Waals surface area contributed by atoms with Crippen molar-refractivity contribution < 1.29 is 8.42 Å². The molecule has 4 nitrogen and oxygen atoms in total. The van der Waals surface area contributed by atoms with E-state index in [1.807, 2.05) is 13.8 Å². The molecule has 5 heteroatoms. The molecule has 1 unspecified atom stereocenters. The molecule has 0 saturated heterocycles. The minimum atomic E-state index is -3.42. The van der Waals surface area contributed by atoms with Crippen LogP contribution in [0.2, 0.25) is 0 Å². The third kappa shape index (κ3) is 5.97. The molecule has 82 valence electrons. The number of hydrogen-bond acceptors (Lipinski definition) is 2. The quantitative estimate of drug-likeness (QED) is 0.616. The molecule has 1 atom stereocenters. The zero-order valence-electron chi connectivity index (χ0n) is 8.71. The Hall–Kier alpha value is -0.570. The Labute approximate surface area is 86.7 Å². The topological polar surface area (TPSA) is 58.2 Å². The van der Waals surface area contributed by atoms with Crippen LogP contribution in [-0.4, -0.2) is 21.0 Å². The average Bonchev–Trinajstić information content (AvgIpc) is 2.14. The Kier molecular flexibility index (Phi) is 6.54. The van der Waals surface area contributed by atoms with Crippen LogP contribution < -0.4 is 9.44 Å². The maximum absolute atomic E-state index is 11.3. The standard InChI is InChI=1S/C9H18N2O2S/c1-4-7-9(6-3)11-14(12,13)10-8-5-2/h3,9-11H,4-5,7-8H2,1-2H3. The van der Waals surface area contributed by atoms with Gasteiger partial charge in [0.05, 0.1) is 6.04 Å². The van der Waals surface area contributed by atoms with Gasteiger partial charge in [0.1, 0.15) is 0 Å². The predicted octanol–water partition coefficient (Wildman–Crippen LogP) is 0.622. The fraction of sp³-hybridized carbons (Fsp3) is 0.778. The summed E-state index contributed by atoms with van der Waals surface area (Å²) in [6.45, 7) is 4.28. The van der Waals surface area contributed by atoms with Crippen LogP contribution in [0.3, 0.4) is 0 Å². The first-order valence-electron chi connectivity index (χ1n) is 4.78. The molecule has 0 aromatic heterocycles. The number of terminal acetylenes is 1. The fourth-order valence-electron chi connectivity index (χ4n) is 0.930. The van der Waals surface area contributed by atoms with Crippen LogP contribution in [-0.2, 0) is 10.2 Å². The maximum atomic E-state index is 11.3. The van der Waals surface area contributed by atoms with Gasteiger partial charge in [-0.25, -0.2) is 4.72 Å². The molecule has 0 fully saturated rings. The van der Waals surface area contributed by atoms with Crippen LogP contribution in [0.5, 0.6) is 0 Å². The normalized spacial score (nSPS) is 13.5. The van der Waals surface area contributed by atoms with Gasteiger partial charge in [-0.1, -0.05) is 26.2 Å². The Bertz CT molecular complexity index is 280. The molecule has 0 bridgehead atoms. The zero-order valence-corrected chi connectivity index (χ0v) is 9.52. The second-order valence-electron chi connectivity index (χ2n) is 3.02. The molecule has 14 heavy (non-hydrogen) atoms. The highest BCUT2D eigenvalue weighted by Crippen LogP contribution is 1.96. The fourth-order valence-corrected chi connectivity index (χ4v) is 2.05. The van der Waals surface area contributed by atoms with Crippen molar-refractivity contribution in [1.82, 2.24) is 9.44 Å². The van der Waals surface area contributed by atoms with Crippen LogP contribution >= 0.6 is 0 Å². The minimum absolute atomic E-state index is 0.408. The average molecular weight is 218 g/mol. The van der Waals surface area contributed by atoms with Crippen molar-refractivity contribution in [3.05, 3.63) is 0 Å². The first-order chi connectivity index (χ1) is 6.55. The molecular formula is C9H18N2O2S. The van der Waals surface area contributed by atoms with Gasteiger partial charge in [-0.15, -0.1) is 6.42 Å². The molecule has 0 heterocycles. The highest BCUT2D eigenvalue weighted by atomic mass is 32.2. The maximum Gasteiger partial charge on any atom is 0.278 e. The highest BCUT2D eigenvalue weighted by Gasteiger charge is 2.13. The molecule has 0 radical (unpaired) electrons. The van der Waals surface area contributed by atoms with E-state index in [0.29, 0.717) is 13.0 Å². The second-order valence-corrected chi connectivity index (χ2v) is 4.55. The van der Waals surface area contributed by atoms with Crippen molar-refractivity contribution in [3.63, 3.8) is 0 Å². The third-order valence-electron chi connectivity index (χ3n) is 1.62. The van der Waals surface area contributed by atoms with Crippen molar-refractivity contribution in [3.8, 4) is 12.3 Å². The molecule has 0 aromatic carbocycles. The van der Waals surface area contributed by atoms with Crippen LogP contribution in [0.15, 0.2) is 0 Å². The summed E-state index contributed by atoms with van der Waals surface area (Å²) in [4.78, 5) is 0. The zero-order chi connectivity index (χ0) is 11.0. The van der Waals surface area contributed by atoms with Crippen molar-refractivity contribution in [2.75, 3.05) is 6.54 Å². The molecule has 0 aliphatic heterocycles. The monoisotopic (exact) mass is 218 g/mol. The van der Waals surface area contributed by atoms with Crippen molar-refractivity contribution in [2.24, 2.45) is 0 Å². The van der Waals surface area contributed by atoms with Gasteiger partial charge in [-0.2, -0.15) is 13.1 Å². The lowest BCUT2D eigenvalue weighted by atomic mass is 10.2. The molecule has 0 spiro atoms. The van der Waals surface area contributed by atoms with Crippen LogP contribution in [0.4, 0.5) is 0 Å². The van der Waals surface area contributed by atoms with Crippen LogP contribution in [0.1, 0.15) is 33.1 Å². The third-order valence-corrected chi connectivity index (χ3v) is 2.80. The van der Waals surface area contributed by atoms with E-state index in [1.165, 1.54) is 0 Å². The Morgan fingerprint density at radius 1 is 1.36 bits per heavy atom. The van der Waals surface area contributed by atoms with E-state index >= 15 is 0 Å². The Morgan fingerprint density at radius 3 is 2.43 bits per heavy atom. The van der Waals surface area contributed by atoms with Gasteiger partial charge in [0.15, 0.2) is 0 Å². The first kappa shape index (κ1) is 13.4. The first-order valence-corrected chi connectivity index (χ1v) is 6.27. The molecule has 0 rings (SSSR count). The molecule has 0 aliphatic carbocycles. The van der Waals surface area contributed by atoms with Gasteiger partial charge < -0.3 is 0 Å². The van der Waals surface area contributed by atoms with Gasteiger partial charge in [0, 0.05) is 6.54 Å². The molecule has 0 aromatic rings. The van der Waals surface area contributed by atoms with E-state index in [9.17, 15) is 8.42 Å². The summed E-state index contributed by atoms with van der Waals surface area (Å²) in [5, 5.41) is 0. The summed E-state index contributed by atoms with van der Waals surface area (Å²) in [7, 11) is -3.42. The van der Waals surface area contributed by atoms with E-state index in [-0.39, 0.29) is 0 Å². The highest BCUT2D eigenvalue weighted by molar-refractivity contribution is 7.87. The van der Waals surface area contributed by atoms with Crippen molar-refractivity contribution in [2.45, 2.75) is 39.2 Å². The SMILES string of the molecule is C#CC(CCC)NS(=O)(=O)NCCC. The van der Waals surface area contributed by atoms with E-state index < -0.39 is 16.3 Å². The van der Waals surface area contributed by atoms with Gasteiger partial charge >= 0.3 is 0 Å². The largest absolute Gasteiger partial charge is 0.278 e. The molecule has 0 saturated carbocycles. The van der Waals surface area contributed by atoms with Crippen LogP contribution in [0, 0.1) is 12.3 Å². The van der Waals surface area contributed by atoms with Crippen LogP contribution in [0.25, 0.3) is 0 Å². The van der Waals surface area contributed by atoms with E-state index in [2.05, 4.69) is 15.4 Å².